The van der Waals surface area contributed by atoms with Crippen molar-refractivity contribution in [1.29, 1.82) is 0 Å². The van der Waals surface area contributed by atoms with Crippen molar-refractivity contribution >= 4 is 33.4 Å². The summed E-state index contributed by atoms with van der Waals surface area (Å²) in [6, 6.07) is 7.49. The van der Waals surface area contributed by atoms with Crippen LogP contribution in [0.4, 0.5) is 0 Å². The van der Waals surface area contributed by atoms with Crippen LogP contribution in [-0.4, -0.2) is 37.3 Å². The van der Waals surface area contributed by atoms with Gasteiger partial charge in [0.25, 0.3) is 0 Å². The van der Waals surface area contributed by atoms with Gasteiger partial charge in [0.05, 0.1) is 5.75 Å². The van der Waals surface area contributed by atoms with Crippen LogP contribution >= 0.6 is 23.4 Å². The van der Waals surface area contributed by atoms with E-state index in [-0.39, 0.29) is 5.75 Å². The lowest BCUT2D eigenvalue weighted by molar-refractivity contribution is 0.434. The Morgan fingerprint density at radius 2 is 2.00 bits per heavy atom. The van der Waals surface area contributed by atoms with Gasteiger partial charge in [0.15, 0.2) is 0 Å². The highest BCUT2D eigenvalue weighted by molar-refractivity contribution is 7.99. The summed E-state index contributed by atoms with van der Waals surface area (Å²) in [4.78, 5) is 0. The fraction of sp³-hybridized carbons (Fsp3) is 0.538. The largest absolute Gasteiger partial charge is 0.218 e. The number of nitrogens with zero attached hydrogens (tertiary/aromatic N) is 1. The number of hydrogen-bond donors (Lipinski definition) is 0. The second-order valence-electron chi connectivity index (χ2n) is 4.57. The van der Waals surface area contributed by atoms with E-state index in [0.29, 0.717) is 19.0 Å². The van der Waals surface area contributed by atoms with Crippen molar-refractivity contribution in [3.8, 4) is 0 Å². The molecule has 19 heavy (non-hydrogen) atoms. The Morgan fingerprint density at radius 1 is 1.21 bits per heavy atom. The zero-order valence-electron chi connectivity index (χ0n) is 10.7. The Kier molecular flexibility index (Phi) is 5.57. The van der Waals surface area contributed by atoms with Crippen molar-refractivity contribution in [2.24, 2.45) is 0 Å². The van der Waals surface area contributed by atoms with Crippen LogP contribution in [0.25, 0.3) is 0 Å². The van der Waals surface area contributed by atoms with Gasteiger partial charge in [-0.15, -0.1) is 11.6 Å². The van der Waals surface area contributed by atoms with E-state index in [1.807, 2.05) is 36.0 Å². The maximum Gasteiger partial charge on any atom is 0.218 e. The van der Waals surface area contributed by atoms with Gasteiger partial charge in [-0.1, -0.05) is 24.3 Å². The molecule has 0 spiro atoms. The van der Waals surface area contributed by atoms with E-state index < -0.39 is 10.0 Å². The van der Waals surface area contributed by atoms with Crippen molar-refractivity contribution in [3.63, 3.8) is 0 Å². The van der Waals surface area contributed by atoms with Crippen LogP contribution in [0.15, 0.2) is 24.3 Å². The summed E-state index contributed by atoms with van der Waals surface area (Å²) >= 11 is 7.60. The maximum atomic E-state index is 12.4. The van der Waals surface area contributed by atoms with Crippen LogP contribution in [0.1, 0.15) is 17.5 Å². The minimum atomic E-state index is -3.21. The normalized spacial score (nSPS) is 18.2. The van der Waals surface area contributed by atoms with Gasteiger partial charge in [0, 0.05) is 24.7 Å². The van der Waals surface area contributed by atoms with E-state index in [9.17, 15) is 8.42 Å². The lowest BCUT2D eigenvalue weighted by Crippen LogP contribution is -2.33. The van der Waals surface area contributed by atoms with Gasteiger partial charge in [-0.05, 0) is 23.3 Å². The molecule has 0 bridgehead atoms. The van der Waals surface area contributed by atoms with Crippen molar-refractivity contribution in [3.05, 3.63) is 35.4 Å². The Morgan fingerprint density at radius 3 is 2.79 bits per heavy atom. The first-order valence-corrected chi connectivity index (χ1v) is 9.61. The van der Waals surface area contributed by atoms with Crippen molar-refractivity contribution < 1.29 is 8.42 Å². The SMILES string of the molecule is O=S(=O)(Cc1cccc(CCl)c1)N1CCCSCC1. The Bertz CT molecular complexity index is 511. The summed E-state index contributed by atoms with van der Waals surface area (Å²) < 4.78 is 26.4. The Labute approximate surface area is 124 Å². The third-order valence-electron chi connectivity index (χ3n) is 3.07. The summed E-state index contributed by atoms with van der Waals surface area (Å²) in [7, 11) is -3.21. The van der Waals surface area contributed by atoms with Gasteiger partial charge in [-0.25, -0.2) is 12.7 Å². The van der Waals surface area contributed by atoms with E-state index in [2.05, 4.69) is 0 Å². The first-order valence-electron chi connectivity index (χ1n) is 6.31. The molecule has 0 radical (unpaired) electrons. The monoisotopic (exact) mass is 319 g/mol. The predicted octanol–water partition coefficient (Wildman–Crippen LogP) is 2.69. The number of rotatable bonds is 4. The number of benzene rings is 1. The van der Waals surface area contributed by atoms with Crippen LogP contribution in [0.3, 0.4) is 0 Å². The Hall–Kier alpha value is -0.230. The molecule has 0 aliphatic carbocycles. The minimum Gasteiger partial charge on any atom is -0.212 e. The fourth-order valence-corrected chi connectivity index (χ4v) is 4.83. The van der Waals surface area contributed by atoms with Crippen molar-refractivity contribution in [1.82, 2.24) is 4.31 Å². The molecular weight excluding hydrogens is 302 g/mol. The smallest absolute Gasteiger partial charge is 0.212 e. The fourth-order valence-electron chi connectivity index (χ4n) is 2.11. The minimum absolute atomic E-state index is 0.0718. The third-order valence-corrected chi connectivity index (χ3v) is 6.28. The second-order valence-corrected chi connectivity index (χ2v) is 8.04. The molecule has 1 fully saturated rings. The van der Waals surface area contributed by atoms with Crippen LogP contribution in [0, 0.1) is 0 Å². The lowest BCUT2D eigenvalue weighted by atomic mass is 10.2. The molecule has 3 nitrogen and oxygen atoms in total. The topological polar surface area (TPSA) is 37.4 Å². The molecule has 6 heteroatoms. The number of hydrogen-bond acceptors (Lipinski definition) is 3. The van der Waals surface area contributed by atoms with Gasteiger partial charge < -0.3 is 0 Å². The molecule has 1 saturated heterocycles. The second kappa shape index (κ2) is 6.97. The van der Waals surface area contributed by atoms with Gasteiger partial charge in [0.2, 0.25) is 10.0 Å². The van der Waals surface area contributed by atoms with E-state index in [1.165, 1.54) is 0 Å². The summed E-state index contributed by atoms with van der Waals surface area (Å²) in [5.74, 6) is 2.42. The van der Waals surface area contributed by atoms with Gasteiger partial charge in [0.1, 0.15) is 0 Å². The third kappa shape index (κ3) is 4.38. The molecule has 0 saturated carbocycles. The van der Waals surface area contributed by atoms with Crippen molar-refractivity contribution in [2.45, 2.75) is 18.1 Å². The summed E-state index contributed by atoms with van der Waals surface area (Å²) in [5, 5.41) is 0. The van der Waals surface area contributed by atoms with Crippen LogP contribution in [-0.2, 0) is 21.7 Å². The molecule has 1 aromatic rings. The summed E-state index contributed by atoms with van der Waals surface area (Å²) in [5.41, 5.74) is 1.77. The van der Waals surface area contributed by atoms with E-state index in [1.54, 1.807) is 4.31 Å². The molecule has 0 aromatic heterocycles. The summed E-state index contributed by atoms with van der Waals surface area (Å²) in [6.07, 6.45) is 0.936. The highest BCUT2D eigenvalue weighted by Crippen LogP contribution is 2.17. The van der Waals surface area contributed by atoms with Crippen LogP contribution < -0.4 is 0 Å². The first-order chi connectivity index (χ1) is 9.12. The van der Waals surface area contributed by atoms with Gasteiger partial charge in [-0.3, -0.25) is 0 Å². The summed E-state index contributed by atoms with van der Waals surface area (Å²) in [6.45, 7) is 1.27. The zero-order chi connectivity index (χ0) is 13.7. The standard InChI is InChI=1S/C13H18ClNO2S2/c14-10-12-3-1-4-13(9-12)11-19(16,17)15-5-2-7-18-8-6-15/h1,3-4,9H,2,5-8,10-11H2. The molecule has 1 aliphatic rings. The molecule has 0 amide bonds. The van der Waals surface area contributed by atoms with Crippen LogP contribution in [0.2, 0.25) is 0 Å². The zero-order valence-corrected chi connectivity index (χ0v) is 13.1. The molecule has 106 valence electrons. The molecule has 0 unspecified atom stereocenters. The maximum absolute atomic E-state index is 12.4. The quantitative estimate of drug-likeness (QED) is 0.801. The molecule has 2 rings (SSSR count). The number of halogens is 1. The average Bonchev–Trinajstić information content (AvgIpc) is 2.68. The first kappa shape index (κ1) is 15.2. The van der Waals surface area contributed by atoms with E-state index in [4.69, 9.17) is 11.6 Å². The number of sulfonamides is 1. The molecular formula is C13H18ClNO2S2. The highest BCUT2D eigenvalue weighted by atomic mass is 35.5. The molecule has 1 heterocycles. The molecule has 1 aromatic carbocycles. The molecule has 0 atom stereocenters. The van der Waals surface area contributed by atoms with Crippen molar-refractivity contribution in [2.75, 3.05) is 24.6 Å². The van der Waals surface area contributed by atoms with E-state index in [0.717, 1.165) is 29.1 Å². The predicted molar refractivity (Wildman–Crippen MR) is 82.1 cm³/mol. The number of thioether (sulfide) groups is 1. The van der Waals surface area contributed by atoms with Gasteiger partial charge in [-0.2, -0.15) is 11.8 Å². The van der Waals surface area contributed by atoms with E-state index >= 15 is 0 Å². The molecule has 0 N–H and O–H groups in total. The Balaban J connectivity index is 2.10. The lowest BCUT2D eigenvalue weighted by Gasteiger charge is -2.19. The highest BCUT2D eigenvalue weighted by Gasteiger charge is 2.23. The van der Waals surface area contributed by atoms with Crippen LogP contribution in [0.5, 0.6) is 0 Å². The average molecular weight is 320 g/mol. The van der Waals surface area contributed by atoms with Gasteiger partial charge >= 0.3 is 0 Å². The molecule has 1 aliphatic heterocycles. The number of alkyl halides is 1.